The van der Waals surface area contributed by atoms with Gasteiger partial charge in [0.1, 0.15) is 0 Å². The van der Waals surface area contributed by atoms with Crippen molar-refractivity contribution in [1.82, 2.24) is 5.32 Å². The van der Waals surface area contributed by atoms with Gasteiger partial charge in [-0.15, -0.1) is 0 Å². The molecule has 0 aliphatic heterocycles. The van der Waals surface area contributed by atoms with Crippen LogP contribution in [0.25, 0.3) is 0 Å². The van der Waals surface area contributed by atoms with Crippen LogP contribution in [-0.4, -0.2) is 30.7 Å². The maximum Gasteiger partial charge on any atom is 0.335 e. The summed E-state index contributed by atoms with van der Waals surface area (Å²) in [7, 11) is 1.58. The van der Waals surface area contributed by atoms with Crippen LogP contribution in [0.2, 0.25) is 0 Å². The molecule has 0 bridgehead atoms. The van der Waals surface area contributed by atoms with Gasteiger partial charge in [0.15, 0.2) is 11.5 Å². The van der Waals surface area contributed by atoms with Gasteiger partial charge in [0.05, 0.1) is 25.7 Å². The summed E-state index contributed by atoms with van der Waals surface area (Å²) in [4.78, 5) is 22.9. The number of rotatable bonds is 9. The minimum absolute atomic E-state index is 0.140. The fourth-order valence-corrected chi connectivity index (χ4v) is 2.37. The number of nitrogens with one attached hydrogen (secondary N) is 1. The Balaban J connectivity index is 1.91. The van der Waals surface area contributed by atoms with E-state index in [0.717, 1.165) is 17.5 Å². The lowest BCUT2D eigenvalue weighted by atomic mass is 10.1. The molecule has 2 aromatic rings. The summed E-state index contributed by atoms with van der Waals surface area (Å²) >= 11 is 0. The number of methoxy groups -OCH3 is 1. The molecule has 0 atom stereocenters. The molecular weight excluding hydrogens is 334 g/mol. The smallest absolute Gasteiger partial charge is 0.335 e. The third-order valence-corrected chi connectivity index (χ3v) is 3.74. The molecule has 2 N–H and O–H groups in total. The Bertz CT molecular complexity index is 755. The van der Waals surface area contributed by atoms with Crippen molar-refractivity contribution in [2.45, 2.75) is 26.3 Å². The highest BCUT2D eigenvalue weighted by Gasteiger charge is 2.08. The molecule has 0 aliphatic carbocycles. The normalized spacial score (nSPS) is 10.2. The predicted octanol–water partition coefficient (Wildman–Crippen LogP) is 3.04. The lowest BCUT2D eigenvalue weighted by molar-refractivity contribution is -0.120. The highest BCUT2D eigenvalue weighted by molar-refractivity contribution is 5.87. The number of carboxylic acid groups (broad SMARTS) is 1. The molecular formula is C20H23NO5. The van der Waals surface area contributed by atoms with Gasteiger partial charge in [-0.05, 0) is 41.8 Å². The molecule has 0 heterocycles. The molecule has 2 rings (SSSR count). The lowest BCUT2D eigenvalue weighted by Crippen LogP contribution is -2.24. The largest absolute Gasteiger partial charge is 0.493 e. The second kappa shape index (κ2) is 9.46. The number of aromatic carboxylic acids is 1. The summed E-state index contributed by atoms with van der Waals surface area (Å²) in [5.74, 6) is 0.192. The highest BCUT2D eigenvalue weighted by atomic mass is 16.5. The molecule has 0 radical (unpaired) electrons. The van der Waals surface area contributed by atoms with Gasteiger partial charge < -0.3 is 19.9 Å². The third kappa shape index (κ3) is 5.51. The SMILES string of the molecule is CCCOc1ccc(CNC(=O)Cc2ccc(C(=O)O)cc2)cc1OC. The quantitative estimate of drug-likeness (QED) is 0.720. The van der Waals surface area contributed by atoms with Gasteiger partial charge in [0, 0.05) is 6.54 Å². The number of benzene rings is 2. The fraction of sp³-hybridized carbons (Fsp3) is 0.300. The van der Waals surface area contributed by atoms with Crippen LogP contribution >= 0.6 is 0 Å². The van der Waals surface area contributed by atoms with Crippen molar-refractivity contribution in [1.29, 1.82) is 0 Å². The summed E-state index contributed by atoms with van der Waals surface area (Å²) in [6.45, 7) is 3.02. The van der Waals surface area contributed by atoms with Crippen molar-refractivity contribution in [3.63, 3.8) is 0 Å². The zero-order valence-electron chi connectivity index (χ0n) is 15.0. The molecule has 6 heteroatoms. The van der Waals surface area contributed by atoms with Crippen molar-refractivity contribution in [3.05, 3.63) is 59.2 Å². The molecule has 26 heavy (non-hydrogen) atoms. The van der Waals surface area contributed by atoms with Gasteiger partial charge in [-0.25, -0.2) is 4.79 Å². The van der Waals surface area contributed by atoms with Crippen LogP contribution in [0.1, 0.15) is 34.8 Å². The van der Waals surface area contributed by atoms with Crippen molar-refractivity contribution in [2.75, 3.05) is 13.7 Å². The molecule has 0 unspecified atom stereocenters. The van der Waals surface area contributed by atoms with Crippen LogP contribution in [0.3, 0.4) is 0 Å². The Morgan fingerprint density at radius 3 is 2.35 bits per heavy atom. The maximum absolute atomic E-state index is 12.1. The molecule has 0 aliphatic rings. The van der Waals surface area contributed by atoms with Crippen molar-refractivity contribution >= 4 is 11.9 Å². The van der Waals surface area contributed by atoms with E-state index in [1.165, 1.54) is 12.1 Å². The average molecular weight is 357 g/mol. The summed E-state index contributed by atoms with van der Waals surface area (Å²) in [5.41, 5.74) is 1.86. The van der Waals surface area contributed by atoms with E-state index in [9.17, 15) is 9.59 Å². The van der Waals surface area contributed by atoms with E-state index in [1.54, 1.807) is 19.2 Å². The van der Waals surface area contributed by atoms with E-state index in [4.69, 9.17) is 14.6 Å². The Labute approximate surface area is 152 Å². The molecule has 1 amide bonds. The Kier molecular flexibility index (Phi) is 7.02. The van der Waals surface area contributed by atoms with E-state index in [1.807, 2.05) is 25.1 Å². The number of amides is 1. The van der Waals surface area contributed by atoms with Gasteiger partial charge >= 0.3 is 5.97 Å². The maximum atomic E-state index is 12.1. The van der Waals surface area contributed by atoms with Crippen LogP contribution < -0.4 is 14.8 Å². The number of ether oxygens (including phenoxy) is 2. The first-order valence-corrected chi connectivity index (χ1v) is 8.42. The molecule has 2 aromatic carbocycles. The average Bonchev–Trinajstić information content (AvgIpc) is 2.65. The van der Waals surface area contributed by atoms with Gasteiger partial charge in [-0.2, -0.15) is 0 Å². The highest BCUT2D eigenvalue weighted by Crippen LogP contribution is 2.28. The van der Waals surface area contributed by atoms with Crippen LogP contribution in [-0.2, 0) is 17.8 Å². The predicted molar refractivity (Wildman–Crippen MR) is 97.7 cm³/mol. The standard InChI is InChI=1S/C20H23NO5/c1-3-10-26-17-9-6-15(11-18(17)25-2)13-21-19(22)12-14-4-7-16(8-5-14)20(23)24/h4-9,11H,3,10,12-13H2,1-2H3,(H,21,22)(H,23,24). The zero-order chi connectivity index (χ0) is 18.9. The van der Waals surface area contributed by atoms with E-state index in [0.29, 0.717) is 24.7 Å². The van der Waals surface area contributed by atoms with E-state index in [-0.39, 0.29) is 17.9 Å². The summed E-state index contributed by atoms with van der Waals surface area (Å²) in [6.07, 6.45) is 1.10. The van der Waals surface area contributed by atoms with Crippen LogP contribution in [0.15, 0.2) is 42.5 Å². The van der Waals surface area contributed by atoms with Crippen molar-refractivity contribution in [3.8, 4) is 11.5 Å². The van der Waals surface area contributed by atoms with Gasteiger partial charge in [-0.3, -0.25) is 4.79 Å². The van der Waals surface area contributed by atoms with Crippen LogP contribution in [0, 0.1) is 0 Å². The molecule has 0 aromatic heterocycles. The zero-order valence-corrected chi connectivity index (χ0v) is 15.0. The first-order valence-electron chi connectivity index (χ1n) is 8.42. The Morgan fingerprint density at radius 1 is 1.04 bits per heavy atom. The van der Waals surface area contributed by atoms with Crippen LogP contribution in [0.4, 0.5) is 0 Å². The summed E-state index contributed by atoms with van der Waals surface area (Å²) in [5, 5.41) is 11.7. The first-order chi connectivity index (χ1) is 12.5. The molecule has 0 saturated heterocycles. The Hall–Kier alpha value is -3.02. The number of hydrogen-bond donors (Lipinski definition) is 2. The second-order valence-corrected chi connectivity index (χ2v) is 5.79. The van der Waals surface area contributed by atoms with Gasteiger partial charge in [0.25, 0.3) is 0 Å². The summed E-state index contributed by atoms with van der Waals surface area (Å²) < 4.78 is 10.9. The fourth-order valence-electron chi connectivity index (χ4n) is 2.37. The number of carbonyl (C=O) groups is 2. The summed E-state index contributed by atoms with van der Waals surface area (Å²) in [6, 6.07) is 11.8. The molecule has 138 valence electrons. The van der Waals surface area contributed by atoms with E-state index >= 15 is 0 Å². The third-order valence-electron chi connectivity index (χ3n) is 3.74. The molecule has 0 spiro atoms. The second-order valence-electron chi connectivity index (χ2n) is 5.79. The van der Waals surface area contributed by atoms with Crippen molar-refractivity contribution < 1.29 is 24.2 Å². The molecule has 0 fully saturated rings. The number of carbonyl (C=O) groups excluding carboxylic acids is 1. The molecule has 6 nitrogen and oxygen atoms in total. The van der Waals surface area contributed by atoms with Crippen LogP contribution in [0.5, 0.6) is 11.5 Å². The van der Waals surface area contributed by atoms with Gasteiger partial charge in [-0.1, -0.05) is 25.1 Å². The van der Waals surface area contributed by atoms with E-state index in [2.05, 4.69) is 5.32 Å². The minimum atomic E-state index is -0.985. The minimum Gasteiger partial charge on any atom is -0.493 e. The van der Waals surface area contributed by atoms with E-state index < -0.39 is 5.97 Å². The molecule has 0 saturated carbocycles. The lowest BCUT2D eigenvalue weighted by Gasteiger charge is -2.12. The number of hydrogen-bond acceptors (Lipinski definition) is 4. The topological polar surface area (TPSA) is 84.9 Å². The first kappa shape index (κ1) is 19.3. The van der Waals surface area contributed by atoms with Crippen molar-refractivity contribution in [2.24, 2.45) is 0 Å². The number of carboxylic acids is 1. The monoisotopic (exact) mass is 357 g/mol. The Morgan fingerprint density at radius 2 is 1.73 bits per heavy atom. The van der Waals surface area contributed by atoms with Gasteiger partial charge in [0.2, 0.25) is 5.91 Å².